The summed E-state index contributed by atoms with van der Waals surface area (Å²) >= 11 is 5.59. The maximum Gasteiger partial charge on any atom is 0.237 e. The lowest BCUT2D eigenvalue weighted by molar-refractivity contribution is -0.130. The molecule has 110 valence electrons. The van der Waals surface area contributed by atoms with Crippen LogP contribution in [0, 0.1) is 0 Å². The van der Waals surface area contributed by atoms with E-state index < -0.39 is 0 Å². The van der Waals surface area contributed by atoms with Gasteiger partial charge in [-0.15, -0.1) is 11.6 Å². The Kier molecular flexibility index (Phi) is 5.68. The Balaban J connectivity index is 1.91. The average Bonchev–Trinajstić information content (AvgIpc) is 2.49. The van der Waals surface area contributed by atoms with Gasteiger partial charge in [-0.1, -0.05) is 18.2 Å². The molecular weight excluding hydrogens is 274 g/mol. The molecule has 1 N–H and O–H groups in total. The lowest BCUT2D eigenvalue weighted by Crippen LogP contribution is -2.48. The van der Waals surface area contributed by atoms with E-state index in [2.05, 4.69) is 41.4 Å². The number of anilines is 1. The van der Waals surface area contributed by atoms with Gasteiger partial charge in [0, 0.05) is 45.0 Å². The smallest absolute Gasteiger partial charge is 0.237 e. The first-order valence-corrected chi connectivity index (χ1v) is 7.66. The third-order valence-corrected chi connectivity index (χ3v) is 3.85. The van der Waals surface area contributed by atoms with Gasteiger partial charge in [-0.2, -0.15) is 0 Å². The molecule has 0 radical (unpaired) electrons. The molecule has 0 aromatic heterocycles. The zero-order chi connectivity index (χ0) is 14.4. The van der Waals surface area contributed by atoms with Crippen LogP contribution in [-0.2, 0) is 11.3 Å². The molecule has 1 aromatic carbocycles. The third kappa shape index (κ3) is 3.87. The van der Waals surface area contributed by atoms with Crippen molar-refractivity contribution >= 4 is 23.2 Å². The Bertz CT molecular complexity index is 444. The number of para-hydroxylation sites is 1. The van der Waals surface area contributed by atoms with Crippen LogP contribution in [0.1, 0.15) is 12.5 Å². The Morgan fingerprint density at radius 3 is 2.60 bits per heavy atom. The average molecular weight is 296 g/mol. The number of carbonyl (C=O) groups is 1. The maximum absolute atomic E-state index is 11.5. The summed E-state index contributed by atoms with van der Waals surface area (Å²) in [4.78, 5) is 15.8. The summed E-state index contributed by atoms with van der Waals surface area (Å²) in [6.07, 6.45) is 0. The first kappa shape index (κ1) is 15.1. The van der Waals surface area contributed by atoms with Crippen molar-refractivity contribution in [3.05, 3.63) is 29.8 Å². The van der Waals surface area contributed by atoms with E-state index in [0.717, 1.165) is 39.3 Å². The van der Waals surface area contributed by atoms with Gasteiger partial charge in [0.1, 0.15) is 5.88 Å². The second kappa shape index (κ2) is 7.50. The van der Waals surface area contributed by atoms with Gasteiger partial charge in [0.2, 0.25) is 5.91 Å². The number of nitrogens with zero attached hydrogens (tertiary/aromatic N) is 2. The minimum absolute atomic E-state index is 0.0411. The molecule has 1 heterocycles. The van der Waals surface area contributed by atoms with E-state index in [9.17, 15) is 4.79 Å². The van der Waals surface area contributed by atoms with Crippen LogP contribution in [0.3, 0.4) is 0 Å². The highest BCUT2D eigenvalue weighted by atomic mass is 35.5. The molecule has 1 saturated heterocycles. The molecule has 0 spiro atoms. The van der Waals surface area contributed by atoms with Crippen molar-refractivity contribution in [2.45, 2.75) is 13.5 Å². The highest BCUT2D eigenvalue weighted by Gasteiger charge is 2.20. The summed E-state index contributed by atoms with van der Waals surface area (Å²) in [7, 11) is 0. The SMILES string of the molecule is CCNc1ccccc1CN1CCN(C(=O)CCl)CC1. The molecule has 0 unspecified atom stereocenters. The van der Waals surface area contributed by atoms with Crippen LogP contribution in [0.4, 0.5) is 5.69 Å². The highest BCUT2D eigenvalue weighted by Crippen LogP contribution is 2.18. The number of alkyl halides is 1. The van der Waals surface area contributed by atoms with Crippen molar-refractivity contribution in [3.8, 4) is 0 Å². The first-order chi connectivity index (χ1) is 9.74. The molecule has 2 rings (SSSR count). The van der Waals surface area contributed by atoms with E-state index >= 15 is 0 Å². The summed E-state index contributed by atoms with van der Waals surface area (Å²) in [5, 5.41) is 3.39. The Hall–Kier alpha value is -1.26. The molecule has 0 atom stereocenters. The topological polar surface area (TPSA) is 35.6 Å². The maximum atomic E-state index is 11.5. The van der Waals surface area contributed by atoms with Gasteiger partial charge >= 0.3 is 0 Å². The van der Waals surface area contributed by atoms with E-state index in [1.807, 2.05) is 4.90 Å². The minimum atomic E-state index is 0.0411. The molecule has 4 nitrogen and oxygen atoms in total. The van der Waals surface area contributed by atoms with Gasteiger partial charge in [-0.05, 0) is 18.6 Å². The minimum Gasteiger partial charge on any atom is -0.385 e. The molecule has 1 aromatic rings. The van der Waals surface area contributed by atoms with E-state index in [4.69, 9.17) is 11.6 Å². The van der Waals surface area contributed by atoms with Crippen molar-refractivity contribution in [2.75, 3.05) is 43.9 Å². The van der Waals surface area contributed by atoms with Crippen molar-refractivity contribution in [3.63, 3.8) is 0 Å². The molecule has 0 bridgehead atoms. The fraction of sp³-hybridized carbons (Fsp3) is 0.533. The number of hydrogen-bond acceptors (Lipinski definition) is 3. The summed E-state index contributed by atoms with van der Waals surface area (Å²) < 4.78 is 0. The van der Waals surface area contributed by atoms with Gasteiger partial charge in [-0.25, -0.2) is 0 Å². The van der Waals surface area contributed by atoms with Crippen LogP contribution in [0.15, 0.2) is 24.3 Å². The molecular formula is C15H22ClN3O. The molecule has 0 saturated carbocycles. The Morgan fingerprint density at radius 1 is 1.25 bits per heavy atom. The number of benzene rings is 1. The summed E-state index contributed by atoms with van der Waals surface area (Å²) in [5.74, 6) is 0.128. The van der Waals surface area contributed by atoms with Gasteiger partial charge in [0.15, 0.2) is 0 Å². The summed E-state index contributed by atoms with van der Waals surface area (Å²) in [6, 6.07) is 8.41. The lowest BCUT2D eigenvalue weighted by atomic mass is 10.1. The van der Waals surface area contributed by atoms with Gasteiger partial charge < -0.3 is 10.2 Å². The van der Waals surface area contributed by atoms with Crippen molar-refractivity contribution in [2.24, 2.45) is 0 Å². The van der Waals surface area contributed by atoms with Crippen LogP contribution < -0.4 is 5.32 Å². The van der Waals surface area contributed by atoms with Crippen LogP contribution in [0.2, 0.25) is 0 Å². The second-order valence-corrected chi connectivity index (χ2v) is 5.25. The fourth-order valence-corrected chi connectivity index (χ4v) is 2.67. The highest BCUT2D eigenvalue weighted by molar-refractivity contribution is 6.27. The molecule has 1 amide bonds. The molecule has 20 heavy (non-hydrogen) atoms. The van der Waals surface area contributed by atoms with Crippen LogP contribution in [0.5, 0.6) is 0 Å². The molecule has 1 fully saturated rings. The van der Waals surface area contributed by atoms with E-state index in [-0.39, 0.29) is 11.8 Å². The van der Waals surface area contributed by atoms with E-state index in [1.54, 1.807) is 0 Å². The Morgan fingerprint density at radius 2 is 1.95 bits per heavy atom. The van der Waals surface area contributed by atoms with Crippen LogP contribution >= 0.6 is 11.6 Å². The summed E-state index contributed by atoms with van der Waals surface area (Å²) in [6.45, 7) is 7.31. The predicted octanol–water partition coefficient (Wildman–Crippen LogP) is 2.00. The third-order valence-electron chi connectivity index (χ3n) is 3.62. The van der Waals surface area contributed by atoms with Crippen molar-refractivity contribution < 1.29 is 4.79 Å². The standard InChI is InChI=1S/C15H22ClN3O/c1-2-17-14-6-4-3-5-13(14)12-18-7-9-19(10-8-18)15(20)11-16/h3-6,17H,2,7-12H2,1H3. The number of halogens is 1. The zero-order valence-corrected chi connectivity index (χ0v) is 12.7. The van der Waals surface area contributed by atoms with Gasteiger partial charge in [-0.3, -0.25) is 9.69 Å². The number of amides is 1. The monoisotopic (exact) mass is 295 g/mol. The van der Waals surface area contributed by atoms with Gasteiger partial charge in [0.05, 0.1) is 0 Å². The normalized spacial score (nSPS) is 16.2. The largest absolute Gasteiger partial charge is 0.385 e. The molecule has 1 aliphatic rings. The van der Waals surface area contributed by atoms with Crippen molar-refractivity contribution in [1.29, 1.82) is 0 Å². The second-order valence-electron chi connectivity index (χ2n) is 4.98. The zero-order valence-electron chi connectivity index (χ0n) is 11.9. The lowest BCUT2D eigenvalue weighted by Gasteiger charge is -2.34. The number of piperazine rings is 1. The number of nitrogens with one attached hydrogen (secondary N) is 1. The molecule has 0 aliphatic carbocycles. The van der Waals surface area contributed by atoms with E-state index in [0.29, 0.717) is 0 Å². The molecule has 1 aliphatic heterocycles. The fourth-order valence-electron chi connectivity index (χ4n) is 2.50. The Labute approximate surface area is 125 Å². The quantitative estimate of drug-likeness (QED) is 0.844. The first-order valence-electron chi connectivity index (χ1n) is 7.12. The number of hydrogen-bond donors (Lipinski definition) is 1. The van der Waals surface area contributed by atoms with E-state index in [1.165, 1.54) is 11.3 Å². The van der Waals surface area contributed by atoms with Crippen LogP contribution in [0.25, 0.3) is 0 Å². The number of rotatable bonds is 5. The van der Waals surface area contributed by atoms with Gasteiger partial charge in [0.25, 0.3) is 0 Å². The van der Waals surface area contributed by atoms with Crippen LogP contribution in [-0.4, -0.2) is 54.3 Å². The predicted molar refractivity (Wildman–Crippen MR) is 83.2 cm³/mol. The van der Waals surface area contributed by atoms with Crippen molar-refractivity contribution in [1.82, 2.24) is 9.80 Å². The summed E-state index contributed by atoms with van der Waals surface area (Å²) in [5.41, 5.74) is 2.51. The number of carbonyl (C=O) groups excluding carboxylic acids is 1. The molecule has 5 heteroatoms.